The third-order valence-corrected chi connectivity index (χ3v) is 7.57. The number of guanidine groups is 4. The standard InChI is InChI=1S/C30H38N18O2S/c1-13(41-45-27(31)32)17-7-18(14(2)42-46-28(33)34)10-21(9-17)39-25(49)23-5-6-24(51-23)26(50)40-22-11-19(15(3)43-47-29(35)36)8-20(12-22)16(4)44-48-30(37)38/h5-12H,1-4H3,(H,39,49)(H,40,50)(H4,31,32,45)(H4,33,34,46)(H4,35,36,47)(H4,37,38,48)/b41-13-,42-14-,43-15-,44-16-. The molecular weight excluding hydrogens is 677 g/mol. The molecule has 0 unspecified atom stereocenters. The molecule has 0 bridgehead atoms. The van der Waals surface area contributed by atoms with Crippen molar-refractivity contribution in [3.05, 3.63) is 80.5 Å². The number of amides is 2. The molecule has 51 heavy (non-hydrogen) atoms. The quantitative estimate of drug-likeness (QED) is 0.0719. The van der Waals surface area contributed by atoms with E-state index in [0.29, 0.717) is 56.5 Å². The van der Waals surface area contributed by atoms with Crippen LogP contribution >= 0.6 is 11.3 Å². The summed E-state index contributed by atoms with van der Waals surface area (Å²) in [6, 6.07) is 13.2. The van der Waals surface area contributed by atoms with Gasteiger partial charge in [0.15, 0.2) is 0 Å². The zero-order chi connectivity index (χ0) is 37.8. The second kappa shape index (κ2) is 17.3. The molecule has 0 saturated heterocycles. The first-order valence-electron chi connectivity index (χ1n) is 14.6. The van der Waals surface area contributed by atoms with Gasteiger partial charge in [-0.3, -0.25) is 31.2 Å². The van der Waals surface area contributed by atoms with Crippen molar-refractivity contribution in [3.63, 3.8) is 0 Å². The van der Waals surface area contributed by atoms with Crippen LogP contribution in [0.1, 0.15) is 69.3 Å². The highest BCUT2D eigenvalue weighted by atomic mass is 32.1. The van der Waals surface area contributed by atoms with E-state index in [1.165, 1.54) is 12.1 Å². The van der Waals surface area contributed by atoms with E-state index >= 15 is 0 Å². The van der Waals surface area contributed by atoms with Gasteiger partial charge in [-0.2, -0.15) is 20.4 Å². The zero-order valence-electron chi connectivity index (χ0n) is 27.9. The Hall–Kier alpha value is -7.16. The van der Waals surface area contributed by atoms with E-state index in [9.17, 15) is 9.59 Å². The highest BCUT2D eigenvalue weighted by Crippen LogP contribution is 2.23. The number of anilines is 2. The average molecular weight is 715 g/mol. The molecule has 0 atom stereocenters. The van der Waals surface area contributed by atoms with E-state index in [1.807, 2.05) is 0 Å². The smallest absolute Gasteiger partial charge is 0.265 e. The molecular formula is C30H38N18O2S. The number of carbonyl (C=O) groups excluding carboxylic acids is 2. The molecule has 2 aromatic carbocycles. The number of nitrogens with one attached hydrogen (secondary N) is 10. The van der Waals surface area contributed by atoms with E-state index in [0.717, 1.165) is 11.3 Å². The van der Waals surface area contributed by atoms with Crippen molar-refractivity contribution in [2.75, 3.05) is 10.6 Å². The number of rotatable bonds is 12. The minimum atomic E-state index is -0.492. The Morgan fingerprint density at radius 1 is 0.510 bits per heavy atom. The predicted octanol–water partition coefficient (Wildman–Crippen LogP) is 1.08. The summed E-state index contributed by atoms with van der Waals surface area (Å²) >= 11 is 0.966. The minimum Gasteiger partial charge on any atom is -0.369 e. The Balaban J connectivity index is 1.90. The predicted molar refractivity (Wildman–Crippen MR) is 202 cm³/mol. The topological polar surface area (TPSA) is 355 Å². The third kappa shape index (κ3) is 11.8. The molecule has 266 valence electrons. The number of hydrazone groups is 4. The molecule has 0 aliphatic rings. The Kier molecular flexibility index (Phi) is 13.0. The lowest BCUT2D eigenvalue weighted by atomic mass is 10.0. The van der Waals surface area contributed by atoms with Crippen LogP contribution in [0.2, 0.25) is 0 Å². The molecule has 0 fully saturated rings. The number of carbonyl (C=O) groups is 2. The van der Waals surface area contributed by atoms with Gasteiger partial charge in [-0.05, 0) is 76.2 Å². The molecule has 20 nitrogen and oxygen atoms in total. The highest BCUT2D eigenvalue weighted by molar-refractivity contribution is 7.16. The maximum absolute atomic E-state index is 13.4. The van der Waals surface area contributed by atoms with Gasteiger partial charge in [-0.15, -0.1) is 11.3 Å². The Bertz CT molecular complexity index is 1770. The van der Waals surface area contributed by atoms with Crippen LogP contribution in [0, 0.1) is 21.6 Å². The maximum Gasteiger partial charge on any atom is 0.265 e. The van der Waals surface area contributed by atoms with E-state index in [2.05, 4.69) is 52.7 Å². The number of hydrogen-bond acceptors (Lipinski definition) is 11. The lowest BCUT2D eigenvalue weighted by Gasteiger charge is -2.12. The average Bonchev–Trinajstić information content (AvgIpc) is 3.58. The van der Waals surface area contributed by atoms with Crippen molar-refractivity contribution in [1.82, 2.24) is 21.7 Å². The van der Waals surface area contributed by atoms with Crippen LogP contribution in [0.3, 0.4) is 0 Å². The van der Waals surface area contributed by atoms with Gasteiger partial charge in [0.25, 0.3) is 11.8 Å². The third-order valence-electron chi connectivity index (χ3n) is 6.48. The molecule has 18 N–H and O–H groups in total. The molecule has 3 rings (SSSR count). The molecule has 0 spiro atoms. The summed E-state index contributed by atoms with van der Waals surface area (Å²) in [4.78, 5) is 27.2. The van der Waals surface area contributed by atoms with Crippen molar-refractivity contribution < 1.29 is 9.59 Å². The van der Waals surface area contributed by atoms with Crippen molar-refractivity contribution in [1.29, 1.82) is 21.6 Å². The molecule has 3 aromatic rings. The monoisotopic (exact) mass is 714 g/mol. The normalized spacial score (nSPS) is 12.0. The lowest BCUT2D eigenvalue weighted by molar-refractivity contribution is 0.102. The molecule has 21 heteroatoms. The van der Waals surface area contributed by atoms with Crippen LogP contribution in [0.15, 0.2) is 68.9 Å². The molecule has 0 saturated carbocycles. The second-order valence-electron chi connectivity index (χ2n) is 10.6. The number of hydrogen-bond donors (Lipinski definition) is 14. The molecule has 0 radical (unpaired) electrons. The fraction of sp³-hybridized carbons (Fsp3) is 0.133. The summed E-state index contributed by atoms with van der Waals surface area (Å²) in [5.74, 6) is -2.41. The molecule has 1 heterocycles. The number of nitrogens with zero attached hydrogens (tertiary/aromatic N) is 4. The van der Waals surface area contributed by atoms with Crippen LogP contribution in [-0.2, 0) is 0 Å². The van der Waals surface area contributed by atoms with Crippen molar-refractivity contribution in [2.24, 2.45) is 43.3 Å². The van der Waals surface area contributed by atoms with Crippen LogP contribution in [0.25, 0.3) is 0 Å². The molecule has 2 amide bonds. The summed E-state index contributed by atoms with van der Waals surface area (Å²) in [5.41, 5.74) is 35.8. The molecule has 0 aliphatic carbocycles. The summed E-state index contributed by atoms with van der Waals surface area (Å²) < 4.78 is 0. The zero-order valence-corrected chi connectivity index (χ0v) is 28.8. The number of benzene rings is 2. The first-order chi connectivity index (χ1) is 24.0. The van der Waals surface area contributed by atoms with Gasteiger partial charge < -0.3 is 33.6 Å². The Labute approximate surface area is 295 Å². The number of nitrogens with two attached hydrogens (primary N) is 4. The van der Waals surface area contributed by atoms with Gasteiger partial charge in [-0.25, -0.2) is 21.7 Å². The minimum absolute atomic E-state index is 0.241. The van der Waals surface area contributed by atoms with Gasteiger partial charge >= 0.3 is 0 Å². The fourth-order valence-electron chi connectivity index (χ4n) is 4.04. The van der Waals surface area contributed by atoms with Gasteiger partial charge in [0.1, 0.15) is 0 Å². The second-order valence-corrected chi connectivity index (χ2v) is 11.6. The Morgan fingerprint density at radius 3 is 1.00 bits per heavy atom. The SMILES string of the molecule is C/C(=N/NC(=N)N)c1cc(NC(=O)c2ccc(C(=O)Nc3cc(/C(C)=N\NC(=N)N)cc(/C(C)=N\NC(=N)N)c3)s2)cc(/C(C)=N\NC(=N)N)c1. The molecule has 1 aromatic heterocycles. The van der Waals surface area contributed by atoms with Gasteiger partial charge in [-0.1, -0.05) is 0 Å². The summed E-state index contributed by atoms with van der Waals surface area (Å²) in [5, 5.41) is 51.4. The van der Waals surface area contributed by atoms with Crippen molar-refractivity contribution in [2.45, 2.75) is 27.7 Å². The Morgan fingerprint density at radius 2 is 0.765 bits per heavy atom. The van der Waals surface area contributed by atoms with Gasteiger partial charge in [0, 0.05) is 33.6 Å². The van der Waals surface area contributed by atoms with Gasteiger partial charge in [0.2, 0.25) is 23.8 Å². The first kappa shape index (κ1) is 38.3. The van der Waals surface area contributed by atoms with Crippen molar-refractivity contribution >= 4 is 81.2 Å². The van der Waals surface area contributed by atoms with E-state index < -0.39 is 11.8 Å². The largest absolute Gasteiger partial charge is 0.369 e. The van der Waals surface area contributed by atoms with Crippen LogP contribution in [0.5, 0.6) is 0 Å². The first-order valence-corrected chi connectivity index (χ1v) is 15.5. The summed E-state index contributed by atoms with van der Waals surface area (Å²) in [6.07, 6.45) is 0. The summed E-state index contributed by atoms with van der Waals surface area (Å²) in [6.45, 7) is 6.71. The van der Waals surface area contributed by atoms with E-state index in [1.54, 1.807) is 64.1 Å². The number of thiophene rings is 1. The molecule has 0 aliphatic heterocycles. The fourth-order valence-corrected chi connectivity index (χ4v) is 4.83. The van der Waals surface area contributed by atoms with E-state index in [-0.39, 0.29) is 33.6 Å². The maximum atomic E-state index is 13.4. The highest BCUT2D eigenvalue weighted by Gasteiger charge is 2.17. The van der Waals surface area contributed by atoms with Crippen LogP contribution in [-0.4, -0.2) is 58.5 Å². The summed E-state index contributed by atoms with van der Waals surface area (Å²) in [7, 11) is 0. The van der Waals surface area contributed by atoms with Crippen LogP contribution in [0.4, 0.5) is 11.4 Å². The van der Waals surface area contributed by atoms with Gasteiger partial charge in [0.05, 0.1) is 32.6 Å². The van der Waals surface area contributed by atoms with Crippen molar-refractivity contribution in [3.8, 4) is 0 Å². The van der Waals surface area contributed by atoms with E-state index in [4.69, 9.17) is 44.6 Å². The lowest BCUT2D eigenvalue weighted by Crippen LogP contribution is -2.27. The van der Waals surface area contributed by atoms with Crippen LogP contribution < -0.4 is 55.3 Å².